The minimum absolute atomic E-state index is 0.0900. The predicted octanol–water partition coefficient (Wildman–Crippen LogP) is 4.78. The molecule has 144 valence electrons. The topological polar surface area (TPSA) is 97.9 Å². The second-order valence-corrected chi connectivity index (χ2v) is 6.68. The second-order valence-electron chi connectivity index (χ2n) is 6.68. The molecule has 0 spiro atoms. The van der Waals surface area contributed by atoms with E-state index in [1.165, 1.54) is 17.0 Å². The predicted molar refractivity (Wildman–Crippen MR) is 105 cm³/mol. The maximum absolute atomic E-state index is 12.0. The molecule has 1 unspecified atom stereocenters. The average Bonchev–Trinajstić information content (AvgIpc) is 3.25. The average molecular weight is 381 g/mol. The van der Waals surface area contributed by atoms with E-state index in [-0.39, 0.29) is 18.3 Å². The van der Waals surface area contributed by atoms with Crippen molar-refractivity contribution < 1.29 is 18.9 Å². The van der Waals surface area contributed by atoms with E-state index in [9.17, 15) is 14.9 Å². The maximum atomic E-state index is 12.0. The number of carbonyl (C=O) groups is 1. The molecule has 8 heteroatoms. The summed E-state index contributed by atoms with van der Waals surface area (Å²) in [5.74, 6) is 0.773. The van der Waals surface area contributed by atoms with Crippen LogP contribution in [0.4, 0.5) is 21.9 Å². The summed E-state index contributed by atoms with van der Waals surface area (Å²) >= 11 is 0. The Morgan fingerprint density at radius 1 is 1.25 bits per heavy atom. The minimum atomic E-state index is -0.517. The number of nitrogens with zero attached hydrogens (tertiary/aromatic N) is 2. The van der Waals surface area contributed by atoms with Gasteiger partial charge in [-0.05, 0) is 26.0 Å². The Bertz CT molecular complexity index is 1070. The Hall–Kier alpha value is -3.55. The first-order valence-electron chi connectivity index (χ1n) is 8.93. The summed E-state index contributed by atoms with van der Waals surface area (Å²) < 4.78 is 11.0. The number of hydrogen-bond donors (Lipinski definition) is 1. The smallest absolute Gasteiger partial charge is 0.414 e. The van der Waals surface area contributed by atoms with Crippen molar-refractivity contribution in [1.29, 1.82) is 0 Å². The van der Waals surface area contributed by atoms with Gasteiger partial charge in [-0.2, -0.15) is 0 Å². The van der Waals surface area contributed by atoms with E-state index >= 15 is 0 Å². The van der Waals surface area contributed by atoms with Crippen LogP contribution in [0.1, 0.15) is 24.3 Å². The third-order valence-electron chi connectivity index (χ3n) is 4.89. The van der Waals surface area contributed by atoms with Gasteiger partial charge < -0.3 is 14.5 Å². The molecule has 2 heterocycles. The molecule has 3 aromatic rings. The van der Waals surface area contributed by atoms with Crippen LogP contribution in [-0.2, 0) is 4.74 Å². The molecule has 8 nitrogen and oxygen atoms in total. The van der Waals surface area contributed by atoms with E-state index in [0.29, 0.717) is 17.9 Å². The number of fused-ring (bicyclic) bond motifs is 1. The molecule has 1 aromatic heterocycles. The Balaban J connectivity index is 1.71. The zero-order chi connectivity index (χ0) is 19.8. The lowest BCUT2D eigenvalue weighted by atomic mass is 10.1. The number of amides is 1. The summed E-state index contributed by atoms with van der Waals surface area (Å²) in [6.07, 6.45) is -0.517. The molecule has 1 fully saturated rings. The van der Waals surface area contributed by atoms with Crippen molar-refractivity contribution in [2.24, 2.45) is 0 Å². The Kier molecular flexibility index (Phi) is 4.38. The summed E-state index contributed by atoms with van der Waals surface area (Å²) in [5.41, 5.74) is 2.75. The van der Waals surface area contributed by atoms with Crippen molar-refractivity contribution in [3.8, 4) is 0 Å². The van der Waals surface area contributed by atoms with Crippen molar-refractivity contribution in [3.05, 3.63) is 63.9 Å². The maximum Gasteiger partial charge on any atom is 0.414 e. The molecule has 1 amide bonds. The molecule has 1 atom stereocenters. The Morgan fingerprint density at radius 2 is 2.04 bits per heavy atom. The number of anilines is 2. The van der Waals surface area contributed by atoms with Crippen molar-refractivity contribution in [3.63, 3.8) is 0 Å². The third-order valence-corrected chi connectivity index (χ3v) is 4.89. The number of nitro groups is 1. The van der Waals surface area contributed by atoms with E-state index in [1.54, 1.807) is 6.07 Å². The summed E-state index contributed by atoms with van der Waals surface area (Å²) in [4.78, 5) is 24.1. The van der Waals surface area contributed by atoms with Gasteiger partial charge in [0.25, 0.3) is 5.69 Å². The van der Waals surface area contributed by atoms with Crippen molar-refractivity contribution >= 4 is 34.1 Å². The molecule has 1 saturated heterocycles. The Morgan fingerprint density at radius 3 is 2.71 bits per heavy atom. The highest BCUT2D eigenvalue weighted by Gasteiger charge is 2.28. The molecule has 2 aromatic carbocycles. The minimum Gasteiger partial charge on any atom is -0.459 e. The molecule has 0 saturated carbocycles. The fraction of sp³-hybridized carbons (Fsp3) is 0.250. The summed E-state index contributed by atoms with van der Waals surface area (Å²) in [6.45, 7) is 4.53. The Labute approximate surface area is 160 Å². The molecular weight excluding hydrogens is 362 g/mol. The molecule has 0 aliphatic carbocycles. The van der Waals surface area contributed by atoms with Gasteiger partial charge in [0.05, 0.1) is 28.9 Å². The number of non-ortho nitro benzene ring substituents is 1. The second kappa shape index (κ2) is 6.88. The normalized spacial score (nSPS) is 14.9. The molecule has 0 bridgehead atoms. The van der Waals surface area contributed by atoms with Crippen LogP contribution >= 0.6 is 0 Å². The number of nitrogens with one attached hydrogen (secondary N) is 1. The lowest BCUT2D eigenvalue weighted by molar-refractivity contribution is -0.384. The van der Waals surface area contributed by atoms with Crippen LogP contribution in [0.3, 0.4) is 0 Å². The number of para-hydroxylation sites is 1. The zero-order valence-electron chi connectivity index (χ0n) is 15.5. The van der Waals surface area contributed by atoms with Crippen LogP contribution in [0.5, 0.6) is 0 Å². The molecule has 4 rings (SSSR count). The zero-order valence-corrected chi connectivity index (χ0v) is 15.5. The first-order chi connectivity index (χ1) is 13.5. The molecule has 0 radical (unpaired) electrons. The first-order valence-corrected chi connectivity index (χ1v) is 8.93. The molecule has 1 N–H and O–H groups in total. The van der Waals surface area contributed by atoms with Crippen LogP contribution in [0.25, 0.3) is 11.0 Å². The van der Waals surface area contributed by atoms with Crippen molar-refractivity contribution in [2.75, 3.05) is 23.4 Å². The van der Waals surface area contributed by atoms with E-state index in [2.05, 4.69) is 5.32 Å². The van der Waals surface area contributed by atoms with E-state index in [4.69, 9.17) is 9.15 Å². The first kappa shape index (κ1) is 17.8. The van der Waals surface area contributed by atoms with Gasteiger partial charge in [0, 0.05) is 23.1 Å². The van der Waals surface area contributed by atoms with Gasteiger partial charge >= 0.3 is 6.09 Å². The number of cyclic esters (lactones) is 1. The number of benzene rings is 2. The fourth-order valence-corrected chi connectivity index (χ4v) is 3.50. The van der Waals surface area contributed by atoms with Gasteiger partial charge in [-0.1, -0.05) is 18.2 Å². The summed E-state index contributed by atoms with van der Waals surface area (Å²) in [6, 6.07) is 12.0. The van der Waals surface area contributed by atoms with Crippen LogP contribution in [-0.4, -0.2) is 24.2 Å². The van der Waals surface area contributed by atoms with Crippen LogP contribution in [0.15, 0.2) is 46.9 Å². The number of aryl methyl sites for hydroxylation is 1. The van der Waals surface area contributed by atoms with Crippen LogP contribution < -0.4 is 10.2 Å². The van der Waals surface area contributed by atoms with Crippen molar-refractivity contribution in [2.45, 2.75) is 19.9 Å². The molecule has 1 aliphatic rings. The highest BCUT2D eigenvalue weighted by atomic mass is 16.6. The number of furan rings is 1. The fourth-order valence-electron chi connectivity index (χ4n) is 3.50. The van der Waals surface area contributed by atoms with Gasteiger partial charge in [-0.25, -0.2) is 4.79 Å². The van der Waals surface area contributed by atoms with E-state index in [1.807, 2.05) is 38.1 Å². The van der Waals surface area contributed by atoms with Gasteiger partial charge in [0.2, 0.25) is 0 Å². The van der Waals surface area contributed by atoms with Crippen LogP contribution in [0.2, 0.25) is 0 Å². The van der Waals surface area contributed by atoms with Gasteiger partial charge in [0.15, 0.2) is 0 Å². The lowest BCUT2D eigenvalue weighted by Gasteiger charge is -2.21. The highest BCUT2D eigenvalue weighted by molar-refractivity contribution is 5.94. The summed E-state index contributed by atoms with van der Waals surface area (Å²) in [7, 11) is 0. The molecule has 1 aliphatic heterocycles. The van der Waals surface area contributed by atoms with Crippen LogP contribution in [0, 0.1) is 17.0 Å². The lowest BCUT2D eigenvalue weighted by Crippen LogP contribution is -2.25. The SMILES string of the molecule is Cc1c(C(C)Nc2ccc([N+](=O)[O-])cc2N2CCOC2=O)oc2ccccc12. The highest BCUT2D eigenvalue weighted by Crippen LogP contribution is 2.36. The third kappa shape index (κ3) is 3.02. The number of carbonyl (C=O) groups excluding carboxylic acids is 1. The molecular formula is C20H19N3O5. The number of rotatable bonds is 5. The summed E-state index contributed by atoms with van der Waals surface area (Å²) in [5, 5.41) is 15.6. The number of nitro benzene ring substituents is 1. The van der Waals surface area contributed by atoms with E-state index < -0.39 is 11.0 Å². The quantitative estimate of drug-likeness (QED) is 0.504. The van der Waals surface area contributed by atoms with Gasteiger partial charge in [0.1, 0.15) is 18.0 Å². The number of hydrogen-bond acceptors (Lipinski definition) is 6. The standard InChI is InChI=1S/C20H19N3O5/c1-12-15-5-3-4-6-18(15)28-19(12)13(2)21-16-8-7-14(23(25)26)11-17(16)22-9-10-27-20(22)24/h3-8,11,13,21H,9-10H2,1-2H3. The van der Waals surface area contributed by atoms with E-state index in [0.717, 1.165) is 22.3 Å². The monoisotopic (exact) mass is 381 g/mol. The molecule has 28 heavy (non-hydrogen) atoms. The largest absolute Gasteiger partial charge is 0.459 e. The van der Waals surface area contributed by atoms with Gasteiger partial charge in [-0.15, -0.1) is 0 Å². The number of ether oxygens (including phenoxy) is 1. The van der Waals surface area contributed by atoms with Crippen molar-refractivity contribution in [1.82, 2.24) is 0 Å². The van der Waals surface area contributed by atoms with Gasteiger partial charge in [-0.3, -0.25) is 15.0 Å².